The summed E-state index contributed by atoms with van der Waals surface area (Å²) in [5.41, 5.74) is 0. The zero-order chi connectivity index (χ0) is 11.4. The molecule has 2 amide bonds. The number of nitrogens with zero attached hydrogens (tertiary/aromatic N) is 2. The number of hydrogen-bond acceptors (Lipinski definition) is 1. The van der Waals surface area contributed by atoms with Crippen LogP contribution in [0.2, 0.25) is 5.82 Å². The van der Waals surface area contributed by atoms with E-state index < -0.39 is 0 Å². The van der Waals surface area contributed by atoms with Gasteiger partial charge in [0.15, 0.2) is 0 Å². The van der Waals surface area contributed by atoms with Gasteiger partial charge in [-0.15, -0.1) is 0 Å². The van der Waals surface area contributed by atoms with Crippen molar-refractivity contribution in [3.05, 3.63) is 0 Å². The molecule has 1 aliphatic rings. The Morgan fingerprint density at radius 2 is 2.13 bits per heavy atom. The van der Waals surface area contributed by atoms with E-state index in [0.29, 0.717) is 6.04 Å². The van der Waals surface area contributed by atoms with Crippen LogP contribution in [-0.4, -0.2) is 50.4 Å². The highest BCUT2D eigenvalue weighted by Crippen LogP contribution is 2.19. The Kier molecular flexibility index (Phi) is 4.49. The highest BCUT2D eigenvalue weighted by molar-refractivity contribution is 6.11. The van der Waals surface area contributed by atoms with E-state index in [2.05, 4.69) is 14.8 Å². The highest BCUT2D eigenvalue weighted by atomic mass is 16.2. The fourth-order valence-corrected chi connectivity index (χ4v) is 2.16. The monoisotopic (exact) mass is 210 g/mol. The van der Waals surface area contributed by atoms with E-state index in [1.807, 2.05) is 23.9 Å². The van der Waals surface area contributed by atoms with Crippen molar-refractivity contribution in [2.45, 2.75) is 44.5 Å². The van der Waals surface area contributed by atoms with Crippen LogP contribution >= 0.6 is 0 Å². The normalized spacial score (nSPS) is 23.7. The van der Waals surface area contributed by atoms with Crippen LogP contribution in [0, 0.1) is 0 Å². The molecule has 0 N–H and O–H groups in total. The van der Waals surface area contributed by atoms with E-state index in [-0.39, 0.29) is 6.03 Å². The summed E-state index contributed by atoms with van der Waals surface area (Å²) in [6.45, 7) is 3.16. The molecule has 0 aliphatic carbocycles. The first-order valence-electron chi connectivity index (χ1n) is 6.00. The van der Waals surface area contributed by atoms with Crippen molar-refractivity contribution in [3.63, 3.8) is 0 Å². The average molecular weight is 210 g/mol. The molecule has 4 heteroatoms. The lowest BCUT2D eigenvalue weighted by atomic mass is 9.85. The number of rotatable bonds is 5. The van der Waals surface area contributed by atoms with Crippen molar-refractivity contribution < 1.29 is 4.79 Å². The number of carbonyl (C=O) groups excluding carboxylic acids is 1. The maximum atomic E-state index is 11.5. The van der Waals surface area contributed by atoms with Gasteiger partial charge in [0.2, 0.25) is 0 Å². The SMILES string of the molecule is BC(C)CCCCC1CN(C)C(=O)N1C. The smallest absolute Gasteiger partial charge is 0.319 e. The highest BCUT2D eigenvalue weighted by Gasteiger charge is 2.31. The van der Waals surface area contributed by atoms with E-state index in [4.69, 9.17) is 0 Å². The summed E-state index contributed by atoms with van der Waals surface area (Å²) >= 11 is 0. The lowest BCUT2D eigenvalue weighted by Crippen LogP contribution is -2.30. The molecule has 2 unspecified atom stereocenters. The lowest BCUT2D eigenvalue weighted by molar-refractivity contribution is 0.200. The zero-order valence-corrected chi connectivity index (χ0v) is 10.5. The van der Waals surface area contributed by atoms with Crippen LogP contribution in [0.1, 0.15) is 32.6 Å². The molecular weight excluding hydrogens is 187 g/mol. The first-order chi connectivity index (χ1) is 7.02. The Hall–Kier alpha value is -0.665. The third kappa shape index (κ3) is 3.43. The first-order valence-corrected chi connectivity index (χ1v) is 6.00. The molecule has 0 radical (unpaired) electrons. The lowest BCUT2D eigenvalue weighted by Gasteiger charge is -2.17. The molecule has 1 rings (SSSR count). The van der Waals surface area contributed by atoms with Crippen LogP contribution in [0.15, 0.2) is 0 Å². The molecule has 1 saturated heterocycles. The van der Waals surface area contributed by atoms with Crippen molar-refractivity contribution in [2.75, 3.05) is 20.6 Å². The summed E-state index contributed by atoms with van der Waals surface area (Å²) in [5, 5.41) is 0. The molecule has 0 spiro atoms. The topological polar surface area (TPSA) is 23.6 Å². The van der Waals surface area contributed by atoms with Gasteiger partial charge in [0.25, 0.3) is 0 Å². The number of carbonyl (C=O) groups is 1. The Morgan fingerprint density at radius 1 is 1.47 bits per heavy atom. The van der Waals surface area contributed by atoms with Gasteiger partial charge in [0, 0.05) is 20.6 Å². The molecule has 0 bridgehead atoms. The minimum atomic E-state index is 0.170. The summed E-state index contributed by atoms with van der Waals surface area (Å²) in [6, 6.07) is 0.610. The van der Waals surface area contributed by atoms with Gasteiger partial charge in [-0.25, -0.2) is 4.79 Å². The van der Waals surface area contributed by atoms with E-state index in [1.54, 1.807) is 0 Å². The molecule has 86 valence electrons. The van der Waals surface area contributed by atoms with E-state index in [1.165, 1.54) is 19.3 Å². The molecule has 0 aromatic rings. The van der Waals surface area contributed by atoms with Crippen LogP contribution in [-0.2, 0) is 0 Å². The predicted octanol–water partition coefficient (Wildman–Crippen LogP) is 1.35. The van der Waals surface area contributed by atoms with Crippen molar-refractivity contribution in [1.29, 1.82) is 0 Å². The fourth-order valence-electron chi connectivity index (χ4n) is 2.16. The third-order valence-corrected chi connectivity index (χ3v) is 3.23. The standard InChI is InChI=1S/C11H23BN2O/c1-9(12)6-4-5-7-10-8-13(2)11(15)14(10)3/h9-10H,4-8,12H2,1-3H3. The quantitative estimate of drug-likeness (QED) is 0.496. The van der Waals surface area contributed by atoms with Gasteiger partial charge in [-0.3, -0.25) is 0 Å². The summed E-state index contributed by atoms with van der Waals surface area (Å²) in [6.07, 6.45) is 4.99. The average Bonchev–Trinajstić information content (AvgIpc) is 2.41. The zero-order valence-electron chi connectivity index (χ0n) is 10.5. The second kappa shape index (κ2) is 5.43. The largest absolute Gasteiger partial charge is 0.326 e. The maximum absolute atomic E-state index is 11.5. The van der Waals surface area contributed by atoms with E-state index >= 15 is 0 Å². The van der Waals surface area contributed by atoms with Crippen molar-refractivity contribution in [2.24, 2.45) is 0 Å². The van der Waals surface area contributed by atoms with Gasteiger partial charge >= 0.3 is 6.03 Å². The van der Waals surface area contributed by atoms with Crippen LogP contribution in [0.4, 0.5) is 4.79 Å². The molecule has 0 aromatic heterocycles. The summed E-state index contributed by atoms with van der Waals surface area (Å²) in [7, 11) is 6.06. The molecular formula is C11H23BN2O. The second-order valence-corrected chi connectivity index (χ2v) is 5.11. The number of likely N-dealkylation sites (N-methyl/N-ethyl adjacent to an activating group) is 2. The summed E-state index contributed by atoms with van der Waals surface area (Å²) in [5.74, 6) is 0.801. The minimum absolute atomic E-state index is 0.170. The van der Waals surface area contributed by atoms with Gasteiger partial charge in [-0.2, -0.15) is 0 Å². The van der Waals surface area contributed by atoms with Crippen molar-refractivity contribution in [1.82, 2.24) is 9.80 Å². The summed E-state index contributed by atoms with van der Waals surface area (Å²) in [4.78, 5) is 15.2. The van der Waals surface area contributed by atoms with Crippen LogP contribution in [0.5, 0.6) is 0 Å². The molecule has 0 aromatic carbocycles. The number of hydrogen-bond donors (Lipinski definition) is 0. The fraction of sp³-hybridized carbons (Fsp3) is 0.909. The number of urea groups is 1. The number of amides is 2. The van der Waals surface area contributed by atoms with Gasteiger partial charge in [0.05, 0.1) is 6.04 Å². The van der Waals surface area contributed by atoms with Crippen LogP contribution < -0.4 is 0 Å². The molecule has 1 heterocycles. The number of unbranched alkanes of at least 4 members (excludes halogenated alkanes) is 1. The minimum Gasteiger partial charge on any atom is -0.326 e. The second-order valence-electron chi connectivity index (χ2n) is 5.11. The van der Waals surface area contributed by atoms with Gasteiger partial charge in [-0.1, -0.05) is 32.0 Å². The van der Waals surface area contributed by atoms with E-state index in [0.717, 1.165) is 18.8 Å². The maximum Gasteiger partial charge on any atom is 0.319 e. The van der Waals surface area contributed by atoms with E-state index in [9.17, 15) is 4.79 Å². The molecule has 2 atom stereocenters. The predicted molar refractivity (Wildman–Crippen MR) is 66.0 cm³/mol. The van der Waals surface area contributed by atoms with Crippen molar-refractivity contribution in [3.8, 4) is 0 Å². The summed E-state index contributed by atoms with van der Waals surface area (Å²) < 4.78 is 0. The Bertz CT molecular complexity index is 221. The molecule has 1 aliphatic heterocycles. The van der Waals surface area contributed by atoms with Crippen LogP contribution in [0.25, 0.3) is 0 Å². The Morgan fingerprint density at radius 3 is 2.60 bits per heavy atom. The van der Waals surface area contributed by atoms with Crippen LogP contribution in [0.3, 0.4) is 0 Å². The Balaban J connectivity index is 2.20. The van der Waals surface area contributed by atoms with Gasteiger partial charge < -0.3 is 9.80 Å². The van der Waals surface area contributed by atoms with Crippen molar-refractivity contribution >= 4 is 13.9 Å². The third-order valence-electron chi connectivity index (χ3n) is 3.23. The molecule has 15 heavy (non-hydrogen) atoms. The molecule has 1 fully saturated rings. The first kappa shape index (κ1) is 12.4. The van der Waals surface area contributed by atoms with Gasteiger partial charge in [0.1, 0.15) is 7.85 Å². The Labute approximate surface area is 94.2 Å². The molecule has 0 saturated carbocycles. The molecule has 3 nitrogen and oxygen atoms in total. The van der Waals surface area contributed by atoms with Gasteiger partial charge in [-0.05, 0) is 6.42 Å².